The summed E-state index contributed by atoms with van der Waals surface area (Å²) in [6, 6.07) is 32.2. The van der Waals surface area contributed by atoms with E-state index >= 15 is 0 Å². The number of hydrazone groups is 1. The van der Waals surface area contributed by atoms with E-state index in [0.717, 1.165) is 50.1 Å². The lowest BCUT2D eigenvalue weighted by atomic mass is 10.1. The monoisotopic (exact) mass is 586 g/mol. The topological polar surface area (TPSA) is 184 Å². The van der Waals surface area contributed by atoms with Crippen molar-refractivity contribution < 1.29 is 0 Å². The van der Waals surface area contributed by atoms with Crippen molar-refractivity contribution in [3.63, 3.8) is 0 Å². The number of nitrogens with zero attached hydrogens (tertiary/aromatic N) is 8. The summed E-state index contributed by atoms with van der Waals surface area (Å²) in [4.78, 5) is 36.8. The zero-order valence-corrected chi connectivity index (χ0v) is 23.5. The van der Waals surface area contributed by atoms with E-state index in [0.29, 0.717) is 45.9 Å². The van der Waals surface area contributed by atoms with Gasteiger partial charge in [-0.05, 0) is 0 Å². The van der Waals surface area contributed by atoms with Crippen LogP contribution in [0.1, 0.15) is 0 Å². The molecule has 45 heavy (non-hydrogen) atoms. The van der Waals surface area contributed by atoms with Crippen LogP contribution in [0.4, 0.5) is 0 Å². The van der Waals surface area contributed by atoms with Crippen molar-refractivity contribution in [2.45, 2.75) is 0 Å². The van der Waals surface area contributed by atoms with E-state index in [4.69, 9.17) is 35.4 Å². The van der Waals surface area contributed by atoms with Crippen molar-refractivity contribution in [3.8, 4) is 45.6 Å². The number of nitrogens with two attached hydrogens (primary N) is 1. The lowest BCUT2D eigenvalue weighted by Gasteiger charge is -1.96. The quantitative estimate of drug-likeness (QED) is 0.0536. The van der Waals surface area contributed by atoms with Gasteiger partial charge in [-0.1, -0.05) is 97.1 Å². The summed E-state index contributed by atoms with van der Waals surface area (Å²) in [5.74, 6) is 6.88. The molecule has 9 rings (SSSR count). The van der Waals surface area contributed by atoms with E-state index in [-0.39, 0.29) is 0 Å². The lowest BCUT2D eigenvalue weighted by molar-refractivity contribution is 1.17. The van der Waals surface area contributed by atoms with Gasteiger partial charge >= 0.3 is 0 Å². The second-order valence-corrected chi connectivity index (χ2v) is 10.2. The normalized spacial score (nSPS) is 11.6. The fraction of sp³-hybridized carbons (Fsp3) is 0. The molecule has 0 radical (unpaired) electrons. The van der Waals surface area contributed by atoms with Gasteiger partial charge in [0.15, 0.2) is 29.6 Å². The fourth-order valence-electron chi connectivity index (χ4n) is 5.62. The zero-order valence-electron chi connectivity index (χ0n) is 23.5. The number of hydrogen-bond acceptors (Lipinski definition) is 9. The third-order valence-corrected chi connectivity index (χ3v) is 7.58. The van der Waals surface area contributed by atoms with E-state index in [1.807, 2.05) is 97.1 Å². The molecule has 0 amide bonds. The molecule has 4 aromatic carbocycles. The smallest absolute Gasteiger partial charge is 0.164 e. The number of aromatic amines is 2. The molecule has 0 saturated heterocycles. The van der Waals surface area contributed by atoms with Gasteiger partial charge in [0.25, 0.3) is 0 Å². The number of aromatic nitrogens is 8. The maximum absolute atomic E-state index is 6.00. The van der Waals surface area contributed by atoms with Gasteiger partial charge in [-0.15, -0.1) is 5.11 Å². The maximum Gasteiger partial charge on any atom is 0.164 e. The van der Waals surface area contributed by atoms with Gasteiger partial charge in [-0.2, -0.15) is 5.10 Å². The summed E-state index contributed by atoms with van der Waals surface area (Å²) in [5, 5.41) is 9.38. The van der Waals surface area contributed by atoms with Crippen LogP contribution in [0.5, 0.6) is 0 Å². The Bertz CT molecular complexity index is 2170. The minimum Gasteiger partial charge on any atom is -0.324 e. The Balaban J connectivity index is 0.000000560. The van der Waals surface area contributed by atoms with E-state index in [2.05, 4.69) is 26.0 Å². The first-order valence-corrected chi connectivity index (χ1v) is 14.0. The predicted octanol–water partition coefficient (Wildman–Crippen LogP) is 6.79. The SMILES string of the molecule is N=N/C=N/N.c1ccc2c(c1)-c1nc-2nc2[nH]c(nc3nc(nc4[nH]c(n1)c1ccccc41)-c1ccccc1-3)c1ccccc21. The molecular formula is C33H22N12. The highest BCUT2D eigenvalue weighted by molar-refractivity contribution is 6.06. The second-order valence-electron chi connectivity index (χ2n) is 10.2. The Morgan fingerprint density at radius 2 is 0.756 bits per heavy atom. The number of benzene rings is 4. The maximum atomic E-state index is 6.00. The van der Waals surface area contributed by atoms with Gasteiger partial charge in [-0.25, -0.2) is 35.4 Å². The Hall–Kier alpha value is -6.69. The number of rotatable bonds is 1. The highest BCUT2D eigenvalue weighted by atomic mass is 15.2. The second kappa shape index (κ2) is 10.5. The molecule has 5 heterocycles. The summed E-state index contributed by atoms with van der Waals surface area (Å²) in [5.41, 5.74) is 12.4. The van der Waals surface area contributed by atoms with E-state index < -0.39 is 0 Å². The Morgan fingerprint density at radius 3 is 1.00 bits per heavy atom. The fourth-order valence-corrected chi connectivity index (χ4v) is 5.62. The summed E-state index contributed by atoms with van der Waals surface area (Å²) in [6.45, 7) is 0. The van der Waals surface area contributed by atoms with Gasteiger partial charge in [0.1, 0.15) is 22.6 Å². The highest BCUT2D eigenvalue weighted by Gasteiger charge is 2.21. The number of fused-ring (bicyclic) bond motifs is 20. The van der Waals surface area contributed by atoms with Crippen LogP contribution in [0.2, 0.25) is 0 Å². The van der Waals surface area contributed by atoms with Crippen LogP contribution < -0.4 is 5.84 Å². The molecule has 0 unspecified atom stereocenters. The van der Waals surface area contributed by atoms with Crippen molar-refractivity contribution in [1.29, 1.82) is 5.53 Å². The third-order valence-electron chi connectivity index (χ3n) is 7.58. The van der Waals surface area contributed by atoms with Gasteiger partial charge < -0.3 is 15.8 Å². The number of H-pyrrole nitrogens is 2. The number of nitrogens with one attached hydrogen (secondary N) is 3. The molecule has 3 aromatic heterocycles. The van der Waals surface area contributed by atoms with Crippen LogP contribution in [0.15, 0.2) is 107 Å². The first-order chi connectivity index (χ1) is 22.2. The average Bonchev–Trinajstić information content (AvgIpc) is 3.81. The molecule has 0 fully saturated rings. The Morgan fingerprint density at radius 1 is 0.467 bits per heavy atom. The number of hydrogen-bond donors (Lipinski definition) is 4. The van der Waals surface area contributed by atoms with E-state index in [9.17, 15) is 0 Å². The first kappa shape index (κ1) is 26.0. The standard InChI is InChI=1S/C32H18N8.CH4N4/c1-2-10-18-17(9-1)25-33-26(18)38-28-21-13-5-6-14-22(21)30(35-28)40-32-24-16-8-7-15-23(24)31(36-32)39-29-20-12-4-3-11-19(20)27(34-29)37-25;2-4-1-5-3/h1-16H,(H2,33,34,35,36,37,38,39,40);1-2H,3H2/b;4-2?,5-1+. The van der Waals surface area contributed by atoms with Crippen LogP contribution in [-0.2, 0) is 0 Å². The van der Waals surface area contributed by atoms with Crippen LogP contribution in [0.25, 0.3) is 89.7 Å². The van der Waals surface area contributed by atoms with Gasteiger partial charge in [-0.3, -0.25) is 0 Å². The lowest BCUT2D eigenvalue weighted by Crippen LogP contribution is -1.82. The van der Waals surface area contributed by atoms with Gasteiger partial charge in [0.05, 0.1) is 0 Å². The van der Waals surface area contributed by atoms with Crippen molar-refractivity contribution in [2.24, 2.45) is 16.1 Å². The summed E-state index contributed by atoms with van der Waals surface area (Å²) in [6.07, 6.45) is 0.944. The molecule has 7 aromatic rings. The molecule has 0 aliphatic carbocycles. The summed E-state index contributed by atoms with van der Waals surface area (Å²) >= 11 is 0. The molecular weight excluding hydrogens is 564 g/mol. The molecule has 12 nitrogen and oxygen atoms in total. The molecule has 2 aliphatic rings. The van der Waals surface area contributed by atoms with Crippen LogP contribution in [0.3, 0.4) is 0 Å². The van der Waals surface area contributed by atoms with Crippen LogP contribution >= 0.6 is 0 Å². The molecule has 214 valence electrons. The average molecular weight is 587 g/mol. The van der Waals surface area contributed by atoms with Crippen LogP contribution in [-0.4, -0.2) is 46.2 Å². The molecule has 0 atom stereocenters. The molecule has 5 N–H and O–H groups in total. The third kappa shape index (κ3) is 4.36. The van der Waals surface area contributed by atoms with Crippen molar-refractivity contribution in [2.75, 3.05) is 0 Å². The molecule has 0 spiro atoms. The van der Waals surface area contributed by atoms with Crippen LogP contribution in [0, 0.1) is 5.53 Å². The largest absolute Gasteiger partial charge is 0.324 e. The van der Waals surface area contributed by atoms with Gasteiger partial charge in [0, 0.05) is 43.8 Å². The predicted molar refractivity (Wildman–Crippen MR) is 174 cm³/mol. The van der Waals surface area contributed by atoms with E-state index in [1.54, 1.807) is 0 Å². The molecule has 2 aliphatic heterocycles. The molecule has 12 heteroatoms. The first-order valence-electron chi connectivity index (χ1n) is 14.0. The molecule has 8 bridgehead atoms. The summed E-state index contributed by atoms with van der Waals surface area (Å²) in [7, 11) is 0. The minimum atomic E-state index is 0.597. The zero-order chi connectivity index (χ0) is 30.3. The highest BCUT2D eigenvalue weighted by Crippen LogP contribution is 2.36. The van der Waals surface area contributed by atoms with Crippen molar-refractivity contribution >= 4 is 50.5 Å². The minimum absolute atomic E-state index is 0.597. The molecule has 0 saturated carbocycles. The van der Waals surface area contributed by atoms with E-state index in [1.165, 1.54) is 0 Å². The van der Waals surface area contributed by atoms with Crippen molar-refractivity contribution in [1.82, 2.24) is 39.9 Å². The summed E-state index contributed by atoms with van der Waals surface area (Å²) < 4.78 is 0. The van der Waals surface area contributed by atoms with Gasteiger partial charge in [0.2, 0.25) is 0 Å². The van der Waals surface area contributed by atoms with Crippen molar-refractivity contribution in [3.05, 3.63) is 97.1 Å². The Labute approximate surface area is 254 Å². The Kier molecular flexibility index (Phi) is 6.09.